The van der Waals surface area contributed by atoms with Crippen molar-refractivity contribution in [2.45, 2.75) is 13.5 Å². The smallest absolute Gasteiger partial charge is 0.290 e. The van der Waals surface area contributed by atoms with Gasteiger partial charge in [-0.05, 0) is 48.0 Å². The summed E-state index contributed by atoms with van der Waals surface area (Å²) >= 11 is 0.943. The lowest BCUT2D eigenvalue weighted by Crippen LogP contribution is -2.17. The maximum Gasteiger partial charge on any atom is 0.290 e. The monoisotopic (exact) mass is 348 g/mol. The highest BCUT2D eigenvalue weighted by atomic mass is 32.2. The van der Waals surface area contributed by atoms with Crippen molar-refractivity contribution in [3.8, 4) is 0 Å². The van der Waals surface area contributed by atoms with Gasteiger partial charge in [-0.15, -0.1) is 0 Å². The summed E-state index contributed by atoms with van der Waals surface area (Å²) in [6, 6.07) is 16.5. The normalized spacial score (nSPS) is 16.0. The first-order valence-corrected chi connectivity index (χ1v) is 8.80. The summed E-state index contributed by atoms with van der Waals surface area (Å²) in [5.41, 5.74) is 4.53. The molecule has 1 fully saturated rings. The van der Waals surface area contributed by atoms with E-state index in [4.69, 9.17) is 0 Å². The molecule has 1 aliphatic heterocycles. The number of hydrogen-bond acceptors (Lipinski definition) is 3. The molecule has 0 bridgehead atoms. The molecule has 4 nitrogen and oxygen atoms in total. The Balaban J connectivity index is 1.72. The number of aromatic nitrogens is 1. The molecule has 0 radical (unpaired) electrons. The largest absolute Gasteiger partial charge is 0.343 e. The van der Waals surface area contributed by atoms with Crippen LogP contribution in [0, 0.1) is 6.92 Å². The van der Waals surface area contributed by atoms with Gasteiger partial charge in [0.25, 0.3) is 11.1 Å². The lowest BCUT2D eigenvalue weighted by Gasteiger charge is -2.07. The molecular formula is C20H16N2O2S. The number of aryl methyl sites for hydroxylation is 1. The van der Waals surface area contributed by atoms with E-state index in [1.54, 1.807) is 6.08 Å². The first kappa shape index (κ1) is 15.7. The highest BCUT2D eigenvalue weighted by Crippen LogP contribution is 2.29. The van der Waals surface area contributed by atoms with Crippen LogP contribution < -0.4 is 5.32 Å². The molecule has 2 amide bonds. The summed E-state index contributed by atoms with van der Waals surface area (Å²) in [6.07, 6.45) is 3.84. The predicted octanol–water partition coefficient (Wildman–Crippen LogP) is 4.32. The second-order valence-electron chi connectivity index (χ2n) is 6.06. The molecule has 0 atom stereocenters. The van der Waals surface area contributed by atoms with Crippen molar-refractivity contribution in [2.24, 2.45) is 0 Å². The Morgan fingerprint density at radius 1 is 1.12 bits per heavy atom. The molecule has 1 aromatic heterocycles. The van der Waals surface area contributed by atoms with E-state index in [0.717, 1.165) is 34.8 Å². The lowest BCUT2D eigenvalue weighted by molar-refractivity contribution is -0.115. The highest BCUT2D eigenvalue weighted by molar-refractivity contribution is 8.18. The second kappa shape index (κ2) is 6.26. The fourth-order valence-electron chi connectivity index (χ4n) is 3.08. The summed E-state index contributed by atoms with van der Waals surface area (Å²) in [6.45, 7) is 2.88. The number of carbonyl (C=O) groups is 2. The lowest BCUT2D eigenvalue weighted by atomic mass is 10.1. The van der Waals surface area contributed by atoms with Crippen LogP contribution in [-0.4, -0.2) is 15.7 Å². The molecule has 0 unspecified atom stereocenters. The minimum absolute atomic E-state index is 0.319. The average molecular weight is 348 g/mol. The van der Waals surface area contributed by atoms with E-state index in [1.165, 1.54) is 11.1 Å². The third kappa shape index (κ3) is 3.10. The SMILES string of the molecule is Cc1cccc(Cn2ccc3c(/C=C4\SC(=O)NC4=O)cccc32)c1. The first-order chi connectivity index (χ1) is 12.1. The molecule has 0 aliphatic carbocycles. The summed E-state index contributed by atoms with van der Waals surface area (Å²) in [5, 5.41) is 3.04. The van der Waals surface area contributed by atoms with E-state index in [0.29, 0.717) is 4.91 Å². The Labute approximate surface area is 149 Å². The molecule has 3 aromatic rings. The van der Waals surface area contributed by atoms with Crippen LogP contribution in [-0.2, 0) is 11.3 Å². The van der Waals surface area contributed by atoms with Crippen molar-refractivity contribution in [1.82, 2.24) is 9.88 Å². The van der Waals surface area contributed by atoms with Crippen molar-refractivity contribution in [3.63, 3.8) is 0 Å². The maximum absolute atomic E-state index is 11.8. The van der Waals surface area contributed by atoms with Crippen LogP contribution in [0.4, 0.5) is 4.79 Å². The van der Waals surface area contributed by atoms with Gasteiger partial charge in [0.1, 0.15) is 0 Å². The van der Waals surface area contributed by atoms with E-state index in [1.807, 2.05) is 12.1 Å². The van der Waals surface area contributed by atoms with Gasteiger partial charge in [-0.2, -0.15) is 0 Å². The Bertz CT molecular complexity index is 1030. The number of thioether (sulfide) groups is 1. The Morgan fingerprint density at radius 2 is 1.96 bits per heavy atom. The molecule has 1 N–H and O–H groups in total. The second-order valence-corrected chi connectivity index (χ2v) is 7.08. The van der Waals surface area contributed by atoms with E-state index in [2.05, 4.69) is 59.4 Å². The van der Waals surface area contributed by atoms with E-state index >= 15 is 0 Å². The first-order valence-electron chi connectivity index (χ1n) is 7.98. The Hall–Kier alpha value is -2.79. The number of carbonyl (C=O) groups excluding carboxylic acids is 2. The van der Waals surface area contributed by atoms with E-state index < -0.39 is 0 Å². The number of nitrogens with zero attached hydrogens (tertiary/aromatic N) is 1. The van der Waals surface area contributed by atoms with Crippen LogP contribution in [0.3, 0.4) is 0 Å². The number of fused-ring (bicyclic) bond motifs is 1. The zero-order chi connectivity index (χ0) is 17.4. The minimum Gasteiger partial charge on any atom is -0.343 e. The van der Waals surface area contributed by atoms with Gasteiger partial charge in [-0.1, -0.05) is 42.0 Å². The minimum atomic E-state index is -0.328. The fourth-order valence-corrected chi connectivity index (χ4v) is 3.75. The van der Waals surface area contributed by atoms with Gasteiger partial charge in [-0.3, -0.25) is 14.9 Å². The van der Waals surface area contributed by atoms with E-state index in [-0.39, 0.29) is 11.1 Å². The Kier molecular flexibility index (Phi) is 3.93. The number of nitrogens with one attached hydrogen (secondary N) is 1. The van der Waals surface area contributed by atoms with Gasteiger partial charge in [0, 0.05) is 23.6 Å². The fraction of sp³-hybridized carbons (Fsp3) is 0.100. The van der Waals surface area contributed by atoms with Crippen molar-refractivity contribution < 1.29 is 9.59 Å². The van der Waals surface area contributed by atoms with Crippen LogP contribution in [0.1, 0.15) is 16.7 Å². The molecule has 1 aliphatic rings. The van der Waals surface area contributed by atoms with Gasteiger partial charge >= 0.3 is 0 Å². The van der Waals surface area contributed by atoms with Gasteiger partial charge in [0.05, 0.1) is 4.91 Å². The molecule has 2 heterocycles. The standard InChI is InChI=1S/C20H16N2O2S/c1-13-4-2-5-14(10-13)12-22-9-8-16-15(6-3-7-17(16)22)11-18-19(23)21-20(24)25-18/h2-11H,12H2,1H3,(H,21,23,24)/b18-11-. The van der Waals surface area contributed by atoms with Crippen molar-refractivity contribution in [1.29, 1.82) is 0 Å². The molecule has 25 heavy (non-hydrogen) atoms. The van der Waals surface area contributed by atoms with Crippen LogP contribution in [0.5, 0.6) is 0 Å². The number of amides is 2. The molecule has 5 heteroatoms. The number of hydrogen-bond donors (Lipinski definition) is 1. The van der Waals surface area contributed by atoms with Gasteiger partial charge < -0.3 is 4.57 Å². The molecule has 0 spiro atoms. The Morgan fingerprint density at radius 3 is 2.72 bits per heavy atom. The van der Waals surface area contributed by atoms with Gasteiger partial charge in [0.15, 0.2) is 0 Å². The summed E-state index contributed by atoms with van der Waals surface area (Å²) in [4.78, 5) is 23.5. The van der Waals surface area contributed by atoms with Crippen molar-refractivity contribution >= 4 is 39.9 Å². The predicted molar refractivity (Wildman–Crippen MR) is 101 cm³/mol. The third-order valence-corrected chi connectivity index (χ3v) is 5.02. The highest BCUT2D eigenvalue weighted by Gasteiger charge is 2.25. The summed E-state index contributed by atoms with van der Waals surface area (Å²) in [7, 11) is 0. The molecule has 1 saturated heterocycles. The zero-order valence-electron chi connectivity index (χ0n) is 13.7. The van der Waals surface area contributed by atoms with Gasteiger partial charge in [-0.25, -0.2) is 0 Å². The van der Waals surface area contributed by atoms with Crippen LogP contribution in [0.2, 0.25) is 0 Å². The van der Waals surface area contributed by atoms with Crippen LogP contribution in [0.15, 0.2) is 59.6 Å². The van der Waals surface area contributed by atoms with Crippen LogP contribution in [0.25, 0.3) is 17.0 Å². The zero-order valence-corrected chi connectivity index (χ0v) is 14.5. The van der Waals surface area contributed by atoms with Crippen molar-refractivity contribution in [2.75, 3.05) is 0 Å². The average Bonchev–Trinajstić information content (AvgIpc) is 3.12. The number of rotatable bonds is 3. The maximum atomic E-state index is 11.8. The summed E-state index contributed by atoms with van der Waals surface area (Å²) < 4.78 is 2.19. The molecule has 4 rings (SSSR count). The quantitative estimate of drug-likeness (QED) is 0.717. The summed E-state index contributed by atoms with van der Waals surface area (Å²) in [5.74, 6) is -0.328. The van der Waals surface area contributed by atoms with Crippen molar-refractivity contribution in [3.05, 3.63) is 76.3 Å². The number of benzene rings is 2. The molecule has 0 saturated carbocycles. The number of imide groups is 1. The molecule has 124 valence electrons. The van der Waals surface area contributed by atoms with Gasteiger partial charge in [0.2, 0.25) is 0 Å². The molecular weight excluding hydrogens is 332 g/mol. The molecule has 2 aromatic carbocycles. The van der Waals surface area contributed by atoms with E-state index in [9.17, 15) is 9.59 Å². The van der Waals surface area contributed by atoms with Crippen LogP contribution >= 0.6 is 11.8 Å². The third-order valence-electron chi connectivity index (χ3n) is 4.21. The topological polar surface area (TPSA) is 51.1 Å².